The van der Waals surface area contributed by atoms with Crippen LogP contribution in [0.2, 0.25) is 5.02 Å². The molecule has 0 bridgehead atoms. The molecular formula is C11H12Cl2N2. The SMILES string of the molecule is CN(CCC#N)c1c(Cl)cccc1CCl. The summed E-state index contributed by atoms with van der Waals surface area (Å²) in [7, 11) is 1.91. The van der Waals surface area contributed by atoms with Crippen LogP contribution in [0.3, 0.4) is 0 Å². The van der Waals surface area contributed by atoms with Gasteiger partial charge in [0.05, 0.1) is 23.2 Å². The molecule has 0 aromatic heterocycles. The lowest BCUT2D eigenvalue weighted by Crippen LogP contribution is -2.19. The van der Waals surface area contributed by atoms with Gasteiger partial charge in [0.25, 0.3) is 0 Å². The molecule has 0 aliphatic heterocycles. The summed E-state index contributed by atoms with van der Waals surface area (Å²) in [5.41, 5.74) is 1.91. The van der Waals surface area contributed by atoms with Crippen molar-refractivity contribution in [2.24, 2.45) is 0 Å². The van der Waals surface area contributed by atoms with Crippen LogP contribution in [0.1, 0.15) is 12.0 Å². The van der Waals surface area contributed by atoms with Crippen molar-refractivity contribution >= 4 is 28.9 Å². The second kappa shape index (κ2) is 5.85. The minimum absolute atomic E-state index is 0.423. The number of para-hydroxylation sites is 1. The summed E-state index contributed by atoms with van der Waals surface area (Å²) in [6.07, 6.45) is 0.476. The number of rotatable bonds is 4. The van der Waals surface area contributed by atoms with Gasteiger partial charge in [0.2, 0.25) is 0 Å². The largest absolute Gasteiger partial charge is 0.372 e. The van der Waals surface area contributed by atoms with Crippen LogP contribution in [-0.4, -0.2) is 13.6 Å². The van der Waals surface area contributed by atoms with Crippen LogP contribution < -0.4 is 4.90 Å². The first-order valence-electron chi connectivity index (χ1n) is 4.62. The maximum atomic E-state index is 8.52. The van der Waals surface area contributed by atoms with Crippen LogP contribution in [0.4, 0.5) is 5.69 Å². The highest BCUT2D eigenvalue weighted by Gasteiger charge is 2.10. The summed E-state index contributed by atoms with van der Waals surface area (Å²) in [4.78, 5) is 1.96. The minimum Gasteiger partial charge on any atom is -0.372 e. The minimum atomic E-state index is 0.423. The zero-order chi connectivity index (χ0) is 11.3. The number of hydrogen-bond donors (Lipinski definition) is 0. The molecule has 2 nitrogen and oxygen atoms in total. The molecular weight excluding hydrogens is 231 g/mol. The van der Waals surface area contributed by atoms with E-state index in [1.165, 1.54) is 0 Å². The zero-order valence-corrected chi connectivity index (χ0v) is 10.0. The lowest BCUT2D eigenvalue weighted by molar-refractivity contribution is 0.900. The van der Waals surface area contributed by atoms with Gasteiger partial charge in [0.15, 0.2) is 0 Å². The van der Waals surface area contributed by atoms with Crippen molar-refractivity contribution in [3.05, 3.63) is 28.8 Å². The lowest BCUT2D eigenvalue weighted by Gasteiger charge is -2.21. The van der Waals surface area contributed by atoms with Gasteiger partial charge in [-0.3, -0.25) is 0 Å². The molecule has 4 heteroatoms. The third kappa shape index (κ3) is 3.02. The average molecular weight is 243 g/mol. The third-order valence-electron chi connectivity index (χ3n) is 2.16. The predicted octanol–water partition coefficient (Wildman–Crippen LogP) is 3.43. The number of benzene rings is 1. The highest BCUT2D eigenvalue weighted by molar-refractivity contribution is 6.33. The van der Waals surface area contributed by atoms with Gasteiger partial charge in [0, 0.05) is 19.5 Å². The summed E-state index contributed by atoms with van der Waals surface area (Å²) < 4.78 is 0. The number of anilines is 1. The van der Waals surface area contributed by atoms with Crippen LogP contribution in [0.25, 0.3) is 0 Å². The number of alkyl halides is 1. The standard InChI is InChI=1S/C11H12Cl2N2/c1-15(7-3-6-14)11-9(8-12)4-2-5-10(11)13/h2,4-5H,3,7-8H2,1H3. The molecule has 80 valence electrons. The summed E-state index contributed by atoms with van der Waals surface area (Å²) in [5.74, 6) is 0.423. The maximum Gasteiger partial charge on any atom is 0.0642 e. The van der Waals surface area contributed by atoms with Gasteiger partial charge in [-0.1, -0.05) is 23.7 Å². The normalized spacial score (nSPS) is 9.73. The fraction of sp³-hybridized carbons (Fsp3) is 0.364. The Morgan fingerprint density at radius 2 is 2.20 bits per heavy atom. The van der Waals surface area contributed by atoms with E-state index in [2.05, 4.69) is 6.07 Å². The molecule has 0 N–H and O–H groups in total. The Labute approximate surface area is 100 Å². The van der Waals surface area contributed by atoms with Crippen molar-refractivity contribution in [3.63, 3.8) is 0 Å². The fourth-order valence-corrected chi connectivity index (χ4v) is 1.98. The monoisotopic (exact) mass is 242 g/mol. The van der Waals surface area contributed by atoms with E-state index in [0.717, 1.165) is 11.3 Å². The summed E-state index contributed by atoms with van der Waals surface area (Å²) in [6, 6.07) is 7.75. The molecule has 0 heterocycles. The molecule has 0 fully saturated rings. The molecule has 0 aliphatic rings. The van der Waals surface area contributed by atoms with Crippen LogP contribution in [0.15, 0.2) is 18.2 Å². The number of nitriles is 1. The zero-order valence-electron chi connectivity index (χ0n) is 8.50. The van der Waals surface area contributed by atoms with Crippen molar-refractivity contribution < 1.29 is 0 Å². The fourth-order valence-electron chi connectivity index (χ4n) is 1.42. The molecule has 1 aromatic rings. The molecule has 1 rings (SSSR count). The van der Waals surface area contributed by atoms with Gasteiger partial charge in [-0.2, -0.15) is 5.26 Å². The van der Waals surface area contributed by atoms with Crippen molar-refractivity contribution in [3.8, 4) is 6.07 Å². The highest BCUT2D eigenvalue weighted by Crippen LogP contribution is 2.30. The Morgan fingerprint density at radius 3 is 2.80 bits per heavy atom. The first-order chi connectivity index (χ1) is 7.20. The van der Waals surface area contributed by atoms with E-state index < -0.39 is 0 Å². The predicted molar refractivity (Wildman–Crippen MR) is 64.5 cm³/mol. The van der Waals surface area contributed by atoms with Gasteiger partial charge in [-0.15, -0.1) is 11.6 Å². The van der Waals surface area contributed by atoms with E-state index in [9.17, 15) is 0 Å². The molecule has 0 amide bonds. The first kappa shape index (κ1) is 12.2. The van der Waals surface area contributed by atoms with E-state index in [0.29, 0.717) is 23.9 Å². The van der Waals surface area contributed by atoms with Gasteiger partial charge < -0.3 is 4.90 Å². The van der Waals surface area contributed by atoms with Crippen LogP contribution in [-0.2, 0) is 5.88 Å². The Morgan fingerprint density at radius 1 is 1.47 bits per heavy atom. The smallest absolute Gasteiger partial charge is 0.0642 e. The van der Waals surface area contributed by atoms with Gasteiger partial charge in [0.1, 0.15) is 0 Å². The lowest BCUT2D eigenvalue weighted by atomic mass is 10.2. The average Bonchev–Trinajstić information content (AvgIpc) is 2.25. The molecule has 0 saturated heterocycles. The molecule has 0 aliphatic carbocycles. The van der Waals surface area contributed by atoms with Crippen LogP contribution >= 0.6 is 23.2 Å². The highest BCUT2D eigenvalue weighted by atomic mass is 35.5. The van der Waals surface area contributed by atoms with E-state index in [4.69, 9.17) is 28.5 Å². The molecule has 0 unspecified atom stereocenters. The Hall–Kier alpha value is -0.910. The van der Waals surface area contributed by atoms with Crippen LogP contribution in [0, 0.1) is 11.3 Å². The van der Waals surface area contributed by atoms with Gasteiger partial charge in [-0.25, -0.2) is 0 Å². The van der Waals surface area contributed by atoms with E-state index in [-0.39, 0.29) is 0 Å². The van der Waals surface area contributed by atoms with Crippen molar-refractivity contribution in [2.75, 3.05) is 18.5 Å². The van der Waals surface area contributed by atoms with Crippen molar-refractivity contribution in [2.45, 2.75) is 12.3 Å². The van der Waals surface area contributed by atoms with Crippen molar-refractivity contribution in [1.29, 1.82) is 5.26 Å². The molecule has 15 heavy (non-hydrogen) atoms. The number of nitrogens with zero attached hydrogens (tertiary/aromatic N) is 2. The number of halogens is 2. The van der Waals surface area contributed by atoms with Crippen molar-refractivity contribution in [1.82, 2.24) is 0 Å². The Bertz CT molecular complexity index is 371. The second-order valence-corrected chi connectivity index (χ2v) is 3.89. The summed E-state index contributed by atoms with van der Waals surface area (Å²) >= 11 is 11.9. The topological polar surface area (TPSA) is 27.0 Å². The molecule has 0 spiro atoms. The molecule has 0 atom stereocenters. The van der Waals surface area contributed by atoms with E-state index in [1.807, 2.05) is 30.1 Å². The first-order valence-corrected chi connectivity index (χ1v) is 5.53. The van der Waals surface area contributed by atoms with Gasteiger partial charge in [-0.05, 0) is 11.6 Å². The van der Waals surface area contributed by atoms with Gasteiger partial charge >= 0.3 is 0 Å². The van der Waals surface area contributed by atoms with Crippen LogP contribution in [0.5, 0.6) is 0 Å². The molecule has 0 radical (unpaired) electrons. The quantitative estimate of drug-likeness (QED) is 0.757. The Balaban J connectivity index is 2.96. The molecule has 0 saturated carbocycles. The summed E-state index contributed by atoms with van der Waals surface area (Å²) in [5, 5.41) is 9.20. The van der Waals surface area contributed by atoms with E-state index >= 15 is 0 Å². The molecule has 1 aromatic carbocycles. The maximum absolute atomic E-state index is 8.52. The number of hydrogen-bond acceptors (Lipinski definition) is 2. The van der Waals surface area contributed by atoms with E-state index in [1.54, 1.807) is 0 Å². The second-order valence-electron chi connectivity index (χ2n) is 3.21. The summed E-state index contributed by atoms with van der Waals surface area (Å²) in [6.45, 7) is 0.657. The third-order valence-corrected chi connectivity index (χ3v) is 2.75. The Kier molecular flexibility index (Phi) is 4.74.